The van der Waals surface area contributed by atoms with Gasteiger partial charge in [0.1, 0.15) is 0 Å². The molecule has 0 fully saturated rings. The van der Waals surface area contributed by atoms with Crippen LogP contribution in [0.2, 0.25) is 0 Å². The van der Waals surface area contributed by atoms with Crippen molar-refractivity contribution in [1.82, 2.24) is 10.2 Å². The molecule has 0 radical (unpaired) electrons. The zero-order valence-electron chi connectivity index (χ0n) is 7.57. The van der Waals surface area contributed by atoms with Crippen molar-refractivity contribution in [2.24, 2.45) is 0 Å². The molecule has 14 heavy (non-hydrogen) atoms. The predicted molar refractivity (Wildman–Crippen MR) is 55.5 cm³/mol. The molecule has 2 aromatic rings. The van der Waals surface area contributed by atoms with Gasteiger partial charge in [-0.2, -0.15) is 5.10 Å². The second-order valence-corrected chi connectivity index (χ2v) is 3.86. The molecule has 0 saturated heterocycles. The van der Waals surface area contributed by atoms with Gasteiger partial charge in [0, 0.05) is 5.69 Å². The minimum atomic E-state index is -0.0660. The van der Waals surface area contributed by atoms with Crippen LogP contribution in [0, 0.1) is 6.92 Å². The average molecular weight is 207 g/mol. The molecule has 4 nitrogen and oxygen atoms in total. The first-order valence-electron chi connectivity index (χ1n) is 4.09. The maximum Gasteiger partial charge on any atom is 0.208 e. The Hall–Kier alpha value is -1.62. The minimum absolute atomic E-state index is 0.0660. The number of carbonyl (C=O) groups excluding carboxylic acids is 1. The monoisotopic (exact) mass is 207 g/mol. The number of nitrogens with zero attached hydrogens (tertiary/aromatic N) is 1. The Morgan fingerprint density at radius 3 is 2.93 bits per heavy atom. The number of H-pyrrole nitrogens is 1. The molecular weight excluding hydrogens is 198 g/mol. The number of rotatable bonds is 2. The molecule has 2 rings (SSSR count). The summed E-state index contributed by atoms with van der Waals surface area (Å²) in [5.74, 6) is 0.199. The number of nitrogen functional groups attached to an aromatic ring is 1. The highest BCUT2D eigenvalue weighted by atomic mass is 32.1. The van der Waals surface area contributed by atoms with Gasteiger partial charge in [-0.3, -0.25) is 9.89 Å². The molecule has 0 aliphatic carbocycles. The van der Waals surface area contributed by atoms with Crippen LogP contribution in [0.4, 0.5) is 5.82 Å². The smallest absolute Gasteiger partial charge is 0.208 e. The van der Waals surface area contributed by atoms with E-state index in [-0.39, 0.29) is 11.6 Å². The normalized spacial score (nSPS) is 10.4. The van der Waals surface area contributed by atoms with Crippen LogP contribution < -0.4 is 5.73 Å². The van der Waals surface area contributed by atoms with Crippen LogP contribution in [0.1, 0.15) is 20.9 Å². The average Bonchev–Trinajstić information content (AvgIpc) is 2.75. The van der Waals surface area contributed by atoms with E-state index in [1.54, 1.807) is 13.0 Å². The molecule has 0 bridgehead atoms. The second-order valence-electron chi connectivity index (χ2n) is 2.92. The van der Waals surface area contributed by atoms with Crippen LogP contribution >= 0.6 is 11.3 Å². The minimum Gasteiger partial charge on any atom is -0.382 e. The Morgan fingerprint density at radius 2 is 2.43 bits per heavy atom. The summed E-state index contributed by atoms with van der Waals surface area (Å²) in [6.07, 6.45) is 0. The summed E-state index contributed by atoms with van der Waals surface area (Å²) in [6, 6.07) is 3.61. The van der Waals surface area contributed by atoms with E-state index in [0.717, 1.165) is 0 Å². The number of hydrogen-bond acceptors (Lipinski definition) is 4. The van der Waals surface area contributed by atoms with Gasteiger partial charge in [0.05, 0.1) is 10.4 Å². The number of ketones is 1. The largest absolute Gasteiger partial charge is 0.382 e. The Labute approximate surface area is 84.8 Å². The lowest BCUT2D eigenvalue weighted by Crippen LogP contribution is -2.03. The zero-order chi connectivity index (χ0) is 10.1. The Bertz CT molecular complexity index is 439. The summed E-state index contributed by atoms with van der Waals surface area (Å²) in [6.45, 7) is 1.78. The lowest BCUT2D eigenvalue weighted by Gasteiger charge is -1.96. The summed E-state index contributed by atoms with van der Waals surface area (Å²) in [4.78, 5) is 12.6. The van der Waals surface area contributed by atoms with E-state index < -0.39 is 0 Å². The fourth-order valence-electron chi connectivity index (χ4n) is 1.27. The molecule has 0 aromatic carbocycles. The fourth-order valence-corrected chi connectivity index (χ4v) is 1.94. The predicted octanol–water partition coefficient (Wildman–Crippen LogP) is 1.59. The van der Waals surface area contributed by atoms with Gasteiger partial charge in [0.15, 0.2) is 5.82 Å². The molecule has 0 atom stereocenters. The van der Waals surface area contributed by atoms with Gasteiger partial charge in [-0.25, -0.2) is 0 Å². The maximum absolute atomic E-state index is 11.9. The molecular formula is C9H9N3OS. The van der Waals surface area contributed by atoms with E-state index in [9.17, 15) is 4.79 Å². The van der Waals surface area contributed by atoms with E-state index in [4.69, 9.17) is 5.73 Å². The Balaban J connectivity index is 2.46. The number of aromatic amines is 1. The molecule has 0 amide bonds. The molecule has 72 valence electrons. The third-order valence-electron chi connectivity index (χ3n) is 1.95. The summed E-state index contributed by atoms with van der Waals surface area (Å²) >= 11 is 1.40. The topological polar surface area (TPSA) is 71.8 Å². The number of thiophene rings is 1. The SMILES string of the molecule is Cc1[nH]nc(N)c1C(=O)c1cccs1. The summed E-state index contributed by atoms with van der Waals surface area (Å²) < 4.78 is 0. The van der Waals surface area contributed by atoms with E-state index >= 15 is 0 Å². The number of hydrogen-bond donors (Lipinski definition) is 2. The molecule has 0 saturated carbocycles. The number of anilines is 1. The van der Waals surface area contributed by atoms with Crippen molar-refractivity contribution < 1.29 is 4.79 Å². The zero-order valence-corrected chi connectivity index (χ0v) is 8.39. The standard InChI is InChI=1S/C9H9N3OS/c1-5-7(9(10)12-11-5)8(13)6-3-2-4-14-6/h2-4H,1H3,(H3,10,11,12). The molecule has 2 aromatic heterocycles. The van der Waals surface area contributed by atoms with E-state index in [2.05, 4.69) is 10.2 Å². The molecule has 0 aliphatic rings. The van der Waals surface area contributed by atoms with Crippen LogP contribution in [-0.4, -0.2) is 16.0 Å². The number of nitrogens with two attached hydrogens (primary N) is 1. The van der Waals surface area contributed by atoms with Crippen molar-refractivity contribution in [3.8, 4) is 0 Å². The first-order chi connectivity index (χ1) is 6.70. The van der Waals surface area contributed by atoms with Gasteiger partial charge in [-0.1, -0.05) is 6.07 Å². The number of carbonyl (C=O) groups is 1. The molecule has 0 spiro atoms. The summed E-state index contributed by atoms with van der Waals surface area (Å²) in [5.41, 5.74) is 6.78. The molecule has 0 unspecified atom stereocenters. The van der Waals surface area contributed by atoms with Gasteiger partial charge in [-0.05, 0) is 18.4 Å². The van der Waals surface area contributed by atoms with E-state index in [0.29, 0.717) is 16.1 Å². The number of aromatic nitrogens is 2. The highest BCUT2D eigenvalue weighted by molar-refractivity contribution is 7.12. The van der Waals surface area contributed by atoms with Gasteiger partial charge < -0.3 is 5.73 Å². The molecule has 0 aliphatic heterocycles. The quantitative estimate of drug-likeness (QED) is 0.734. The summed E-state index contributed by atoms with van der Waals surface area (Å²) in [7, 11) is 0. The highest BCUT2D eigenvalue weighted by Crippen LogP contribution is 2.20. The summed E-state index contributed by atoms with van der Waals surface area (Å²) in [5, 5.41) is 8.33. The van der Waals surface area contributed by atoms with Crippen molar-refractivity contribution in [2.75, 3.05) is 5.73 Å². The van der Waals surface area contributed by atoms with E-state index in [1.165, 1.54) is 11.3 Å². The van der Waals surface area contributed by atoms with Gasteiger partial charge in [0.25, 0.3) is 0 Å². The Kier molecular flexibility index (Phi) is 2.09. The van der Waals surface area contributed by atoms with Crippen molar-refractivity contribution in [3.05, 3.63) is 33.6 Å². The first-order valence-corrected chi connectivity index (χ1v) is 4.96. The van der Waals surface area contributed by atoms with Gasteiger partial charge >= 0.3 is 0 Å². The van der Waals surface area contributed by atoms with Crippen LogP contribution in [-0.2, 0) is 0 Å². The van der Waals surface area contributed by atoms with E-state index in [1.807, 2.05) is 11.4 Å². The van der Waals surface area contributed by atoms with Gasteiger partial charge in [-0.15, -0.1) is 11.3 Å². The van der Waals surface area contributed by atoms with Crippen LogP contribution in [0.15, 0.2) is 17.5 Å². The van der Waals surface area contributed by atoms with Crippen molar-refractivity contribution in [2.45, 2.75) is 6.92 Å². The molecule has 2 heterocycles. The van der Waals surface area contributed by atoms with Crippen molar-refractivity contribution in [3.63, 3.8) is 0 Å². The first kappa shape index (κ1) is 8.96. The number of aryl methyl sites for hydroxylation is 1. The van der Waals surface area contributed by atoms with Crippen LogP contribution in [0.25, 0.3) is 0 Å². The molecule has 5 heteroatoms. The maximum atomic E-state index is 11.9. The number of nitrogens with one attached hydrogen (secondary N) is 1. The fraction of sp³-hybridized carbons (Fsp3) is 0.111. The highest BCUT2D eigenvalue weighted by Gasteiger charge is 2.18. The van der Waals surface area contributed by atoms with Crippen molar-refractivity contribution in [1.29, 1.82) is 0 Å². The van der Waals surface area contributed by atoms with Crippen LogP contribution in [0.3, 0.4) is 0 Å². The third-order valence-corrected chi connectivity index (χ3v) is 2.82. The lowest BCUT2D eigenvalue weighted by atomic mass is 10.1. The second kappa shape index (κ2) is 3.26. The van der Waals surface area contributed by atoms with Gasteiger partial charge in [0.2, 0.25) is 5.78 Å². The Morgan fingerprint density at radius 1 is 1.64 bits per heavy atom. The van der Waals surface area contributed by atoms with Crippen LogP contribution in [0.5, 0.6) is 0 Å². The third kappa shape index (κ3) is 1.31. The lowest BCUT2D eigenvalue weighted by molar-refractivity contribution is 0.104. The van der Waals surface area contributed by atoms with Crippen molar-refractivity contribution >= 4 is 22.9 Å². The molecule has 3 N–H and O–H groups in total.